The molecule has 152 valence electrons. The lowest BCUT2D eigenvalue weighted by Crippen LogP contribution is -2.34. The maximum atomic E-state index is 2.52. The van der Waals surface area contributed by atoms with Gasteiger partial charge in [-0.05, 0) is 71.5 Å². The van der Waals surface area contributed by atoms with Crippen molar-refractivity contribution in [1.29, 1.82) is 0 Å². The van der Waals surface area contributed by atoms with Crippen molar-refractivity contribution in [2.24, 2.45) is 65.1 Å². The molecule has 0 aliphatic heterocycles. The van der Waals surface area contributed by atoms with Crippen molar-refractivity contribution in [3.05, 3.63) is 0 Å². The minimum atomic E-state index is 0.785. The van der Waals surface area contributed by atoms with Crippen molar-refractivity contribution in [3.8, 4) is 0 Å². The highest BCUT2D eigenvalue weighted by Crippen LogP contribution is 2.41. The molecule has 0 amide bonds. The Morgan fingerprint density at radius 3 is 0.920 bits per heavy atom. The van der Waals surface area contributed by atoms with Gasteiger partial charge < -0.3 is 0 Å². The van der Waals surface area contributed by atoms with Gasteiger partial charge in [-0.25, -0.2) is 0 Å². The van der Waals surface area contributed by atoms with E-state index in [1.807, 2.05) is 0 Å². The molecule has 0 spiro atoms. The van der Waals surface area contributed by atoms with Crippen LogP contribution in [0, 0.1) is 65.1 Å². The lowest BCUT2D eigenvalue weighted by Gasteiger charge is -2.41. The van der Waals surface area contributed by atoms with Gasteiger partial charge in [-0.1, -0.05) is 90.0 Å². The van der Waals surface area contributed by atoms with E-state index in [0.29, 0.717) is 0 Å². The summed E-state index contributed by atoms with van der Waals surface area (Å²) in [6.07, 6.45) is 1.36. The molecule has 0 heterocycles. The highest BCUT2D eigenvalue weighted by molar-refractivity contribution is 4.83. The van der Waals surface area contributed by atoms with Gasteiger partial charge >= 0.3 is 0 Å². The van der Waals surface area contributed by atoms with Crippen molar-refractivity contribution in [3.63, 3.8) is 0 Å². The summed E-state index contributed by atoms with van der Waals surface area (Å²) in [6.45, 7) is 32.0. The predicted molar refractivity (Wildman–Crippen MR) is 117 cm³/mol. The van der Waals surface area contributed by atoms with Crippen LogP contribution < -0.4 is 0 Å². The number of hydrogen-bond donors (Lipinski definition) is 0. The second kappa shape index (κ2) is 11.0. The lowest BCUT2D eigenvalue weighted by molar-refractivity contribution is 0.0809. The van der Waals surface area contributed by atoms with Gasteiger partial charge in [0.2, 0.25) is 0 Å². The van der Waals surface area contributed by atoms with Crippen molar-refractivity contribution in [1.82, 2.24) is 0 Å². The topological polar surface area (TPSA) is 0 Å². The van der Waals surface area contributed by atoms with Crippen LogP contribution in [0.4, 0.5) is 0 Å². The van der Waals surface area contributed by atoms with Crippen LogP contribution >= 0.6 is 0 Å². The van der Waals surface area contributed by atoms with Gasteiger partial charge in [-0.2, -0.15) is 0 Å². The zero-order chi connectivity index (χ0) is 20.1. The van der Waals surface area contributed by atoms with Crippen LogP contribution in [0.3, 0.4) is 0 Å². The Balaban J connectivity index is 4.92. The standard InChI is InChI=1S/C25H52/c1-15(2)14-17(5)19(7)21(9)23(11)25(13)24(12)22(10)20(8)18(6)16(3)4/h15-25H,14H2,1-13H3. The third-order valence-electron chi connectivity index (χ3n) is 8.60. The Bertz CT molecular complexity index is 342. The van der Waals surface area contributed by atoms with E-state index < -0.39 is 0 Å². The molecule has 0 saturated heterocycles. The van der Waals surface area contributed by atoms with E-state index in [2.05, 4.69) is 90.0 Å². The highest BCUT2D eigenvalue weighted by atomic mass is 14.4. The molecule has 0 bridgehead atoms. The van der Waals surface area contributed by atoms with Gasteiger partial charge in [0.15, 0.2) is 0 Å². The quantitative estimate of drug-likeness (QED) is 0.350. The molecule has 9 atom stereocenters. The largest absolute Gasteiger partial charge is 0.0628 e. The molecule has 0 nitrogen and oxygen atoms in total. The molecule has 0 aromatic carbocycles. The van der Waals surface area contributed by atoms with Crippen LogP contribution in [0.25, 0.3) is 0 Å². The SMILES string of the molecule is CC(C)CC(C)C(C)C(C)C(C)C(C)C(C)C(C)C(C)C(C)C(C)C. The molecule has 0 aliphatic rings. The minimum Gasteiger partial charge on any atom is -0.0628 e. The van der Waals surface area contributed by atoms with Gasteiger partial charge in [0, 0.05) is 0 Å². The van der Waals surface area contributed by atoms with E-state index in [1.54, 1.807) is 0 Å². The molecule has 25 heavy (non-hydrogen) atoms. The van der Waals surface area contributed by atoms with Crippen molar-refractivity contribution in [2.75, 3.05) is 0 Å². The smallest absolute Gasteiger partial charge is 0.0386 e. The van der Waals surface area contributed by atoms with E-state index in [4.69, 9.17) is 0 Å². The van der Waals surface area contributed by atoms with E-state index in [9.17, 15) is 0 Å². The summed E-state index contributed by atoms with van der Waals surface area (Å²) in [5.41, 5.74) is 0. The van der Waals surface area contributed by atoms with Crippen LogP contribution in [0.1, 0.15) is 96.4 Å². The van der Waals surface area contributed by atoms with Gasteiger partial charge in [0.25, 0.3) is 0 Å². The Morgan fingerprint density at radius 1 is 0.360 bits per heavy atom. The van der Waals surface area contributed by atoms with Gasteiger partial charge in [-0.15, -0.1) is 0 Å². The first kappa shape index (κ1) is 25.0. The second-order valence-electron chi connectivity index (χ2n) is 10.7. The van der Waals surface area contributed by atoms with Crippen molar-refractivity contribution in [2.45, 2.75) is 96.4 Å². The van der Waals surface area contributed by atoms with Crippen molar-refractivity contribution < 1.29 is 0 Å². The monoisotopic (exact) mass is 352 g/mol. The van der Waals surface area contributed by atoms with Crippen LogP contribution in [-0.2, 0) is 0 Å². The molecule has 0 heteroatoms. The van der Waals surface area contributed by atoms with Crippen LogP contribution in [-0.4, -0.2) is 0 Å². The highest BCUT2D eigenvalue weighted by Gasteiger charge is 2.34. The fourth-order valence-corrected chi connectivity index (χ4v) is 4.96. The maximum Gasteiger partial charge on any atom is -0.0386 e. The van der Waals surface area contributed by atoms with Gasteiger partial charge in [0.05, 0.1) is 0 Å². The molecule has 0 rings (SSSR count). The van der Waals surface area contributed by atoms with Gasteiger partial charge in [0.1, 0.15) is 0 Å². The molecule has 0 N–H and O–H groups in total. The number of rotatable bonds is 11. The average molecular weight is 353 g/mol. The normalized spacial score (nSPS) is 23.6. The van der Waals surface area contributed by atoms with Crippen LogP contribution in [0.2, 0.25) is 0 Å². The molecule has 9 unspecified atom stereocenters. The summed E-state index contributed by atoms with van der Waals surface area (Å²) in [6, 6.07) is 0. The molecule has 0 aliphatic carbocycles. The Labute approximate surface area is 161 Å². The molecular weight excluding hydrogens is 300 g/mol. The van der Waals surface area contributed by atoms with E-state index >= 15 is 0 Å². The summed E-state index contributed by atoms with van der Waals surface area (Å²) < 4.78 is 0. The predicted octanol–water partition coefficient (Wildman–Crippen LogP) is 8.41. The summed E-state index contributed by atoms with van der Waals surface area (Å²) in [5, 5.41) is 0. The molecule has 0 saturated carbocycles. The van der Waals surface area contributed by atoms with Crippen molar-refractivity contribution >= 4 is 0 Å². The summed E-state index contributed by atoms with van der Waals surface area (Å²) in [5.74, 6) is 8.83. The fourth-order valence-electron chi connectivity index (χ4n) is 4.96. The zero-order valence-electron chi connectivity index (χ0n) is 20.1. The molecule has 0 radical (unpaired) electrons. The lowest BCUT2D eigenvalue weighted by atomic mass is 9.65. The second-order valence-corrected chi connectivity index (χ2v) is 10.7. The minimum absolute atomic E-state index is 0.785. The zero-order valence-corrected chi connectivity index (χ0v) is 20.1. The average Bonchev–Trinajstić information content (AvgIpc) is 2.55. The van der Waals surface area contributed by atoms with Gasteiger partial charge in [-0.3, -0.25) is 0 Å². The summed E-state index contributed by atoms with van der Waals surface area (Å²) >= 11 is 0. The first-order valence-corrected chi connectivity index (χ1v) is 11.3. The first-order valence-electron chi connectivity index (χ1n) is 11.3. The van der Waals surface area contributed by atoms with E-state index in [0.717, 1.165) is 65.1 Å². The third-order valence-corrected chi connectivity index (χ3v) is 8.60. The Kier molecular flexibility index (Phi) is 11.0. The first-order chi connectivity index (χ1) is 11.3. The molecule has 0 aromatic heterocycles. The summed E-state index contributed by atoms with van der Waals surface area (Å²) in [7, 11) is 0. The molecular formula is C25H52. The fraction of sp³-hybridized carbons (Fsp3) is 1.00. The summed E-state index contributed by atoms with van der Waals surface area (Å²) in [4.78, 5) is 0. The maximum absolute atomic E-state index is 2.52. The van der Waals surface area contributed by atoms with E-state index in [-0.39, 0.29) is 0 Å². The molecule has 0 aromatic rings. The Morgan fingerprint density at radius 2 is 0.640 bits per heavy atom. The van der Waals surface area contributed by atoms with Crippen LogP contribution in [0.15, 0.2) is 0 Å². The van der Waals surface area contributed by atoms with E-state index in [1.165, 1.54) is 6.42 Å². The Hall–Kier alpha value is 0. The van der Waals surface area contributed by atoms with Crippen LogP contribution in [0.5, 0.6) is 0 Å². The molecule has 0 fully saturated rings. The number of hydrogen-bond acceptors (Lipinski definition) is 0. The third kappa shape index (κ3) is 7.26.